The molecule has 1 aromatic carbocycles. The van der Waals surface area contributed by atoms with Crippen molar-refractivity contribution in [2.45, 2.75) is 18.9 Å². The zero-order chi connectivity index (χ0) is 13.5. The summed E-state index contributed by atoms with van der Waals surface area (Å²) >= 11 is 0. The van der Waals surface area contributed by atoms with Crippen LogP contribution < -0.4 is 0 Å². The van der Waals surface area contributed by atoms with Gasteiger partial charge in [0.1, 0.15) is 0 Å². The zero-order valence-corrected chi connectivity index (χ0v) is 10.3. The maximum Gasteiger partial charge on any atom is 0.351 e. The first kappa shape index (κ1) is 11.6. The maximum absolute atomic E-state index is 11.2. The molecule has 1 aromatic heterocycles. The number of fused-ring (bicyclic) bond motifs is 1. The van der Waals surface area contributed by atoms with Crippen LogP contribution in [0.3, 0.4) is 0 Å². The van der Waals surface area contributed by atoms with E-state index in [-0.39, 0.29) is 6.42 Å². The lowest BCUT2D eigenvalue weighted by atomic mass is 9.94. The van der Waals surface area contributed by atoms with Crippen LogP contribution in [0.1, 0.15) is 18.9 Å². The van der Waals surface area contributed by atoms with E-state index in [1.165, 1.54) is 6.92 Å². The molecule has 0 saturated carbocycles. The zero-order valence-electron chi connectivity index (χ0n) is 10.3. The second kappa shape index (κ2) is 4.05. The van der Waals surface area contributed by atoms with Gasteiger partial charge in [-0.15, -0.1) is 0 Å². The maximum atomic E-state index is 11.2. The summed E-state index contributed by atoms with van der Waals surface area (Å²) in [5.41, 5.74) is 1.09. The van der Waals surface area contributed by atoms with E-state index in [1.54, 1.807) is 6.20 Å². The molecule has 0 saturated heterocycles. The van der Waals surface area contributed by atoms with E-state index in [1.807, 2.05) is 30.3 Å². The van der Waals surface area contributed by atoms with E-state index in [0.29, 0.717) is 5.71 Å². The van der Waals surface area contributed by atoms with Crippen LogP contribution in [0.4, 0.5) is 0 Å². The second-order valence-corrected chi connectivity index (χ2v) is 4.72. The average molecular weight is 256 g/mol. The van der Waals surface area contributed by atoms with Gasteiger partial charge in [0, 0.05) is 23.6 Å². The van der Waals surface area contributed by atoms with Crippen LogP contribution in [-0.4, -0.2) is 27.4 Å². The van der Waals surface area contributed by atoms with Crippen molar-refractivity contribution in [2.24, 2.45) is 5.16 Å². The van der Waals surface area contributed by atoms with Crippen LogP contribution in [0, 0.1) is 0 Å². The van der Waals surface area contributed by atoms with Gasteiger partial charge in [-0.05, 0) is 19.1 Å². The van der Waals surface area contributed by atoms with Crippen molar-refractivity contribution in [1.82, 2.24) is 4.98 Å². The van der Waals surface area contributed by atoms with E-state index in [9.17, 15) is 4.79 Å². The number of rotatable bonds is 2. The van der Waals surface area contributed by atoms with Crippen molar-refractivity contribution >= 4 is 22.6 Å². The number of hydrogen-bond acceptors (Lipinski definition) is 4. The highest BCUT2D eigenvalue weighted by Gasteiger charge is 2.42. The molecule has 1 aliphatic heterocycles. The summed E-state index contributed by atoms with van der Waals surface area (Å²) < 4.78 is 0. The molecule has 0 fully saturated rings. The third kappa shape index (κ3) is 1.83. The molecule has 0 aliphatic carbocycles. The molecule has 1 atom stereocenters. The normalized spacial score (nSPS) is 22.1. The largest absolute Gasteiger partial charge is 0.478 e. The van der Waals surface area contributed by atoms with Crippen LogP contribution in [0.5, 0.6) is 0 Å². The quantitative estimate of drug-likeness (QED) is 0.894. The van der Waals surface area contributed by atoms with Crippen LogP contribution in [0.15, 0.2) is 41.7 Å². The molecule has 1 aliphatic rings. The van der Waals surface area contributed by atoms with Crippen molar-refractivity contribution in [3.8, 4) is 0 Å². The number of carboxylic acid groups (broad SMARTS) is 1. The molecular formula is C14H12N2O3. The van der Waals surface area contributed by atoms with E-state index in [0.717, 1.165) is 16.5 Å². The van der Waals surface area contributed by atoms with E-state index < -0.39 is 11.6 Å². The summed E-state index contributed by atoms with van der Waals surface area (Å²) in [5, 5.41) is 14.0. The predicted octanol–water partition coefficient (Wildman–Crippen LogP) is 2.20. The van der Waals surface area contributed by atoms with Crippen LogP contribution >= 0.6 is 0 Å². The predicted molar refractivity (Wildman–Crippen MR) is 70.0 cm³/mol. The van der Waals surface area contributed by atoms with Crippen molar-refractivity contribution in [3.05, 3.63) is 42.1 Å². The summed E-state index contributed by atoms with van der Waals surface area (Å²) in [6, 6.07) is 9.48. The van der Waals surface area contributed by atoms with E-state index in [2.05, 4.69) is 10.1 Å². The molecule has 0 bridgehead atoms. The minimum absolute atomic E-state index is 0.246. The van der Waals surface area contributed by atoms with Gasteiger partial charge in [-0.3, -0.25) is 4.98 Å². The Morgan fingerprint density at radius 2 is 2.21 bits per heavy atom. The topological polar surface area (TPSA) is 71.8 Å². The number of aromatic nitrogens is 1. The van der Waals surface area contributed by atoms with Crippen LogP contribution in [-0.2, 0) is 9.63 Å². The number of carbonyl (C=O) groups is 1. The van der Waals surface area contributed by atoms with Gasteiger partial charge in [-0.2, -0.15) is 0 Å². The minimum Gasteiger partial charge on any atom is -0.478 e. The van der Waals surface area contributed by atoms with Crippen molar-refractivity contribution in [1.29, 1.82) is 0 Å². The average Bonchev–Trinajstić information content (AvgIpc) is 2.82. The molecule has 0 radical (unpaired) electrons. The lowest BCUT2D eigenvalue weighted by molar-refractivity contribution is -0.160. The Hall–Kier alpha value is -2.43. The van der Waals surface area contributed by atoms with Gasteiger partial charge in [0.05, 0.1) is 11.2 Å². The van der Waals surface area contributed by atoms with E-state index in [4.69, 9.17) is 9.94 Å². The molecule has 19 heavy (non-hydrogen) atoms. The first-order chi connectivity index (χ1) is 9.10. The first-order valence-electron chi connectivity index (χ1n) is 5.93. The fourth-order valence-electron chi connectivity index (χ4n) is 2.15. The summed E-state index contributed by atoms with van der Waals surface area (Å²) in [6.07, 6.45) is 1.97. The molecule has 96 valence electrons. The van der Waals surface area contributed by atoms with Crippen molar-refractivity contribution in [2.75, 3.05) is 0 Å². The Kier molecular flexibility index (Phi) is 2.48. The molecule has 0 spiro atoms. The van der Waals surface area contributed by atoms with Crippen molar-refractivity contribution in [3.63, 3.8) is 0 Å². The summed E-state index contributed by atoms with van der Waals surface area (Å²) in [4.78, 5) is 20.5. The van der Waals surface area contributed by atoms with Crippen LogP contribution in [0.2, 0.25) is 0 Å². The smallest absolute Gasteiger partial charge is 0.351 e. The highest BCUT2D eigenvalue weighted by Crippen LogP contribution is 2.29. The number of pyridine rings is 1. The molecule has 1 unspecified atom stereocenters. The van der Waals surface area contributed by atoms with Gasteiger partial charge >= 0.3 is 5.97 Å². The number of oxime groups is 1. The van der Waals surface area contributed by atoms with Gasteiger partial charge in [-0.25, -0.2) is 4.79 Å². The SMILES string of the molecule is CC1(C(=O)O)CC(c2cccc3ncccc23)=NO1. The third-order valence-corrected chi connectivity index (χ3v) is 3.27. The number of benzene rings is 1. The second-order valence-electron chi connectivity index (χ2n) is 4.72. The monoisotopic (exact) mass is 256 g/mol. The fourth-order valence-corrected chi connectivity index (χ4v) is 2.15. The summed E-state index contributed by atoms with van der Waals surface area (Å²) in [5.74, 6) is -1.01. The lowest BCUT2D eigenvalue weighted by Crippen LogP contribution is -2.35. The summed E-state index contributed by atoms with van der Waals surface area (Å²) in [7, 11) is 0. The summed E-state index contributed by atoms with van der Waals surface area (Å²) in [6.45, 7) is 1.52. The van der Waals surface area contributed by atoms with Crippen molar-refractivity contribution < 1.29 is 14.7 Å². The van der Waals surface area contributed by atoms with Gasteiger partial charge in [0.25, 0.3) is 0 Å². The Balaban J connectivity index is 2.05. The molecule has 3 rings (SSSR count). The Morgan fingerprint density at radius 3 is 2.95 bits per heavy atom. The van der Waals surface area contributed by atoms with Gasteiger partial charge < -0.3 is 9.94 Å². The highest BCUT2D eigenvalue weighted by atomic mass is 16.7. The number of carboxylic acids is 1. The first-order valence-corrected chi connectivity index (χ1v) is 5.93. The number of aliphatic carboxylic acids is 1. The number of nitrogens with zero attached hydrogens (tertiary/aromatic N) is 2. The molecule has 2 aromatic rings. The minimum atomic E-state index is -1.28. The molecule has 5 nitrogen and oxygen atoms in total. The standard InChI is InChI=1S/C14H12N2O3/c1-14(13(17)18)8-12(16-19-14)10-4-2-6-11-9(10)5-3-7-15-11/h2-7H,8H2,1H3,(H,17,18). The number of hydrogen-bond donors (Lipinski definition) is 1. The highest BCUT2D eigenvalue weighted by molar-refractivity contribution is 6.12. The van der Waals surface area contributed by atoms with Gasteiger partial charge in [-0.1, -0.05) is 23.4 Å². The third-order valence-electron chi connectivity index (χ3n) is 3.27. The Morgan fingerprint density at radius 1 is 1.37 bits per heavy atom. The van der Waals surface area contributed by atoms with Gasteiger partial charge in [0.2, 0.25) is 5.60 Å². The molecular weight excluding hydrogens is 244 g/mol. The molecule has 5 heteroatoms. The Bertz CT molecular complexity index is 691. The molecule has 1 N–H and O–H groups in total. The van der Waals surface area contributed by atoms with E-state index >= 15 is 0 Å². The fraction of sp³-hybridized carbons (Fsp3) is 0.214. The molecule has 2 heterocycles. The van der Waals surface area contributed by atoms with Crippen LogP contribution in [0.25, 0.3) is 10.9 Å². The molecule has 0 amide bonds. The Labute approximate surface area is 109 Å². The van der Waals surface area contributed by atoms with Gasteiger partial charge in [0.15, 0.2) is 0 Å². The lowest BCUT2D eigenvalue weighted by Gasteiger charge is -2.14.